The Bertz CT molecular complexity index is 678. The molecule has 0 saturated carbocycles. The van der Waals surface area contributed by atoms with Crippen molar-refractivity contribution in [1.29, 1.82) is 0 Å². The third-order valence-corrected chi connectivity index (χ3v) is 3.23. The molecule has 0 aliphatic rings. The van der Waals surface area contributed by atoms with Crippen LogP contribution in [0.2, 0.25) is 0 Å². The molecule has 5 nitrogen and oxygen atoms in total. The molecule has 1 aromatic heterocycles. The smallest absolute Gasteiger partial charge is 0.294 e. The van der Waals surface area contributed by atoms with Crippen LogP contribution in [0.3, 0.4) is 0 Å². The second kappa shape index (κ2) is 5.32. The third-order valence-electron chi connectivity index (χ3n) is 3.23. The molecule has 1 N–H and O–H groups in total. The van der Waals surface area contributed by atoms with Crippen molar-refractivity contribution in [3.8, 4) is 5.75 Å². The fourth-order valence-corrected chi connectivity index (χ4v) is 1.93. The van der Waals surface area contributed by atoms with E-state index in [1.54, 1.807) is 13.0 Å². The zero-order valence-electron chi connectivity index (χ0n) is 11.5. The Morgan fingerprint density at radius 1 is 1.40 bits per heavy atom. The first kappa shape index (κ1) is 14.0. The molecule has 106 valence electrons. The van der Waals surface area contributed by atoms with Gasteiger partial charge in [0.2, 0.25) is 0 Å². The lowest BCUT2D eigenvalue weighted by atomic mass is 10.1. The van der Waals surface area contributed by atoms with E-state index in [0.29, 0.717) is 12.1 Å². The minimum atomic E-state index is -0.743. The number of H-pyrrole nitrogens is 1. The maximum absolute atomic E-state index is 14.2. The molecular formula is C14H15FN2O3. The molecule has 0 atom stereocenters. The zero-order chi connectivity index (χ0) is 14.9. The quantitative estimate of drug-likeness (QED) is 0.687. The molecule has 1 amide bonds. The zero-order valence-corrected chi connectivity index (χ0v) is 11.5. The Labute approximate surface area is 115 Å². The first-order chi connectivity index (χ1) is 9.51. The summed E-state index contributed by atoms with van der Waals surface area (Å²) in [6.45, 7) is 2.16. The van der Waals surface area contributed by atoms with E-state index in [1.807, 2.05) is 0 Å². The monoisotopic (exact) mass is 278 g/mol. The minimum absolute atomic E-state index is 0.0155. The number of halogens is 1. The van der Waals surface area contributed by atoms with Gasteiger partial charge >= 0.3 is 0 Å². The summed E-state index contributed by atoms with van der Waals surface area (Å²) in [5, 5.41) is 0.0761. The molecule has 0 radical (unpaired) electrons. The summed E-state index contributed by atoms with van der Waals surface area (Å²) >= 11 is 0. The predicted molar refractivity (Wildman–Crippen MR) is 72.5 cm³/mol. The highest BCUT2D eigenvalue weighted by Crippen LogP contribution is 2.29. The van der Waals surface area contributed by atoms with E-state index in [-0.39, 0.29) is 16.7 Å². The second-order valence-corrected chi connectivity index (χ2v) is 4.36. The number of aromatic amines is 1. The van der Waals surface area contributed by atoms with Gasteiger partial charge in [-0.05, 0) is 19.1 Å². The van der Waals surface area contributed by atoms with Gasteiger partial charge in [-0.1, -0.05) is 0 Å². The number of carbonyl (C=O) groups is 2. The molecule has 2 rings (SSSR count). The van der Waals surface area contributed by atoms with E-state index in [1.165, 1.54) is 31.3 Å². The first-order valence-corrected chi connectivity index (χ1v) is 6.14. The number of ketones is 1. The van der Waals surface area contributed by atoms with E-state index in [2.05, 4.69) is 4.98 Å². The topological polar surface area (TPSA) is 62.4 Å². The third kappa shape index (κ3) is 2.13. The summed E-state index contributed by atoms with van der Waals surface area (Å²) in [5.41, 5.74) is 0.459. The molecule has 20 heavy (non-hydrogen) atoms. The molecule has 0 fully saturated rings. The van der Waals surface area contributed by atoms with Crippen molar-refractivity contribution in [2.45, 2.75) is 6.92 Å². The van der Waals surface area contributed by atoms with Crippen LogP contribution in [0.5, 0.6) is 5.75 Å². The van der Waals surface area contributed by atoms with Gasteiger partial charge in [-0.2, -0.15) is 0 Å². The first-order valence-electron chi connectivity index (χ1n) is 6.14. The Hall–Kier alpha value is -2.37. The number of amides is 1. The second-order valence-electron chi connectivity index (χ2n) is 4.36. The van der Waals surface area contributed by atoms with Crippen LogP contribution < -0.4 is 4.74 Å². The number of likely N-dealkylation sites (N-methyl/N-ethyl adjacent to an activating group) is 1. The van der Waals surface area contributed by atoms with Crippen molar-refractivity contribution in [2.24, 2.45) is 0 Å². The lowest BCUT2D eigenvalue weighted by molar-refractivity contribution is -0.125. The fraction of sp³-hybridized carbons (Fsp3) is 0.286. The summed E-state index contributed by atoms with van der Waals surface area (Å²) in [6, 6.07) is 3.06. The molecule has 0 saturated heterocycles. The van der Waals surface area contributed by atoms with Crippen molar-refractivity contribution < 1.29 is 18.7 Å². The van der Waals surface area contributed by atoms with Gasteiger partial charge in [-0.15, -0.1) is 0 Å². The highest BCUT2D eigenvalue weighted by molar-refractivity contribution is 6.44. The molecular weight excluding hydrogens is 263 g/mol. The number of benzene rings is 1. The van der Waals surface area contributed by atoms with Gasteiger partial charge in [-0.25, -0.2) is 4.39 Å². The molecule has 0 aliphatic heterocycles. The molecule has 6 heteroatoms. The van der Waals surface area contributed by atoms with Crippen molar-refractivity contribution in [2.75, 3.05) is 20.7 Å². The van der Waals surface area contributed by atoms with E-state index in [9.17, 15) is 14.0 Å². The highest BCUT2D eigenvalue weighted by Gasteiger charge is 2.25. The SMILES string of the molecule is CCN(C)C(=O)C(=O)c1c[nH]c2ccc(OC)c(F)c12. The van der Waals surface area contributed by atoms with Crippen LogP contribution in [-0.4, -0.2) is 42.3 Å². The van der Waals surface area contributed by atoms with Gasteiger partial charge in [0.05, 0.1) is 18.1 Å². The number of nitrogens with zero attached hydrogens (tertiary/aromatic N) is 1. The van der Waals surface area contributed by atoms with Gasteiger partial charge in [0.25, 0.3) is 11.7 Å². The largest absolute Gasteiger partial charge is 0.494 e. The van der Waals surface area contributed by atoms with Crippen molar-refractivity contribution in [3.05, 3.63) is 29.7 Å². The number of fused-ring (bicyclic) bond motifs is 1. The molecule has 0 unspecified atom stereocenters. The Kier molecular flexibility index (Phi) is 3.74. The molecule has 1 heterocycles. The minimum Gasteiger partial charge on any atom is -0.494 e. The fourth-order valence-electron chi connectivity index (χ4n) is 1.93. The summed E-state index contributed by atoms with van der Waals surface area (Å²) in [6.07, 6.45) is 1.34. The maximum Gasteiger partial charge on any atom is 0.294 e. The number of rotatable bonds is 4. The van der Waals surface area contributed by atoms with E-state index in [4.69, 9.17) is 4.74 Å². The molecule has 0 bridgehead atoms. The number of methoxy groups -OCH3 is 1. The Balaban J connectivity index is 2.55. The van der Waals surface area contributed by atoms with Crippen LogP contribution in [-0.2, 0) is 4.79 Å². The summed E-state index contributed by atoms with van der Waals surface area (Å²) in [5.74, 6) is -2.03. The summed E-state index contributed by atoms with van der Waals surface area (Å²) in [7, 11) is 2.86. The lowest BCUT2D eigenvalue weighted by Gasteiger charge is -2.12. The van der Waals surface area contributed by atoms with Crippen molar-refractivity contribution in [1.82, 2.24) is 9.88 Å². The van der Waals surface area contributed by atoms with Crippen LogP contribution in [0.4, 0.5) is 4.39 Å². The summed E-state index contributed by atoms with van der Waals surface area (Å²) < 4.78 is 19.1. The predicted octanol–water partition coefficient (Wildman–Crippen LogP) is 1.98. The Morgan fingerprint density at radius 3 is 2.70 bits per heavy atom. The van der Waals surface area contributed by atoms with Crippen LogP contribution in [0.25, 0.3) is 10.9 Å². The molecule has 2 aromatic rings. The lowest BCUT2D eigenvalue weighted by Crippen LogP contribution is -2.33. The number of hydrogen-bond donors (Lipinski definition) is 1. The van der Waals surface area contributed by atoms with Gasteiger partial charge < -0.3 is 14.6 Å². The summed E-state index contributed by atoms with van der Waals surface area (Å²) in [4.78, 5) is 28.1. The number of ether oxygens (including phenoxy) is 1. The van der Waals surface area contributed by atoms with Crippen molar-refractivity contribution >= 4 is 22.6 Å². The van der Waals surface area contributed by atoms with E-state index >= 15 is 0 Å². The van der Waals surface area contributed by atoms with Gasteiger partial charge in [0.1, 0.15) is 0 Å². The molecule has 0 aliphatic carbocycles. The van der Waals surface area contributed by atoms with E-state index in [0.717, 1.165) is 0 Å². The van der Waals surface area contributed by atoms with Gasteiger partial charge in [0.15, 0.2) is 11.6 Å². The van der Waals surface area contributed by atoms with Crippen molar-refractivity contribution in [3.63, 3.8) is 0 Å². The Morgan fingerprint density at radius 2 is 2.10 bits per heavy atom. The standard InChI is InChI=1S/C14H15FN2O3/c1-4-17(2)14(19)13(18)8-7-16-9-5-6-10(20-3)12(15)11(8)9/h5-7,16H,4H2,1-3H3. The van der Waals surface area contributed by atoms with Gasteiger partial charge in [-0.3, -0.25) is 9.59 Å². The van der Waals surface area contributed by atoms with Crippen LogP contribution in [0, 0.1) is 5.82 Å². The number of Topliss-reactive ketones (excluding diaryl/α,β-unsaturated/α-hetero) is 1. The molecule has 1 aromatic carbocycles. The van der Waals surface area contributed by atoms with Crippen LogP contribution in [0.15, 0.2) is 18.3 Å². The number of aromatic nitrogens is 1. The number of carbonyl (C=O) groups excluding carboxylic acids is 2. The number of hydrogen-bond acceptors (Lipinski definition) is 3. The average molecular weight is 278 g/mol. The molecule has 0 spiro atoms. The number of nitrogens with one attached hydrogen (secondary N) is 1. The van der Waals surface area contributed by atoms with Crippen LogP contribution in [0.1, 0.15) is 17.3 Å². The van der Waals surface area contributed by atoms with Gasteiger partial charge in [0, 0.05) is 25.3 Å². The highest BCUT2D eigenvalue weighted by atomic mass is 19.1. The normalized spacial score (nSPS) is 10.6. The maximum atomic E-state index is 14.2. The van der Waals surface area contributed by atoms with Crippen LogP contribution >= 0.6 is 0 Å². The average Bonchev–Trinajstić information content (AvgIpc) is 2.90. The van der Waals surface area contributed by atoms with E-state index < -0.39 is 17.5 Å².